The minimum atomic E-state index is 0.224. The Balaban J connectivity index is 2.11. The number of ether oxygens (including phenoxy) is 1. The summed E-state index contributed by atoms with van der Waals surface area (Å²) in [6, 6.07) is 0. The van der Waals surface area contributed by atoms with Gasteiger partial charge in [0.2, 0.25) is 0 Å². The van der Waals surface area contributed by atoms with Crippen LogP contribution in [0.15, 0.2) is 12.4 Å². The van der Waals surface area contributed by atoms with E-state index >= 15 is 0 Å². The van der Waals surface area contributed by atoms with Crippen molar-refractivity contribution in [3.63, 3.8) is 0 Å². The first-order valence-electron chi connectivity index (χ1n) is 4.50. The summed E-state index contributed by atoms with van der Waals surface area (Å²) in [5, 5.41) is 0. The van der Waals surface area contributed by atoms with Gasteiger partial charge in [0.15, 0.2) is 12.1 Å². The predicted molar refractivity (Wildman–Crippen MR) is 50.5 cm³/mol. The van der Waals surface area contributed by atoms with E-state index < -0.39 is 0 Å². The first-order valence-corrected chi connectivity index (χ1v) is 4.50. The van der Waals surface area contributed by atoms with Crippen LogP contribution in [0.2, 0.25) is 0 Å². The van der Waals surface area contributed by atoms with E-state index in [1.165, 1.54) is 0 Å². The van der Waals surface area contributed by atoms with Gasteiger partial charge in [0, 0.05) is 13.1 Å². The topological polar surface area (TPSA) is 55.3 Å². The van der Waals surface area contributed by atoms with Crippen molar-refractivity contribution in [1.82, 2.24) is 9.97 Å². The fraction of sp³-hybridized carbons (Fsp3) is 0.444. The van der Waals surface area contributed by atoms with Gasteiger partial charge in [-0.05, 0) is 0 Å². The molecule has 1 aromatic heterocycles. The number of aromatic nitrogens is 2. The molecule has 2 rings (SSSR count). The summed E-state index contributed by atoms with van der Waals surface area (Å²) in [5.74, 6) is 0.224. The van der Waals surface area contributed by atoms with Crippen molar-refractivity contribution >= 4 is 12.0 Å². The monoisotopic (exact) mass is 193 g/mol. The summed E-state index contributed by atoms with van der Waals surface area (Å²) >= 11 is 0. The number of carbonyl (C=O) groups is 1. The van der Waals surface area contributed by atoms with Gasteiger partial charge in [-0.1, -0.05) is 0 Å². The second kappa shape index (κ2) is 4.15. The predicted octanol–water partition coefficient (Wildman–Crippen LogP) is 0.126. The highest BCUT2D eigenvalue weighted by Gasteiger charge is 2.11. The van der Waals surface area contributed by atoms with Crippen LogP contribution in [0.1, 0.15) is 10.6 Å². The molecule has 1 aliphatic rings. The Morgan fingerprint density at radius 2 is 1.93 bits per heavy atom. The third-order valence-electron chi connectivity index (χ3n) is 2.14. The highest BCUT2D eigenvalue weighted by atomic mass is 16.5. The molecule has 1 aliphatic heterocycles. The summed E-state index contributed by atoms with van der Waals surface area (Å²) < 4.78 is 5.23. The average molecular weight is 193 g/mol. The van der Waals surface area contributed by atoms with Crippen LogP contribution < -0.4 is 4.90 Å². The molecule has 1 aromatic rings. The van der Waals surface area contributed by atoms with Crippen molar-refractivity contribution in [2.75, 3.05) is 31.2 Å². The van der Waals surface area contributed by atoms with Crippen LogP contribution in [0, 0.1) is 0 Å². The number of hydrogen-bond acceptors (Lipinski definition) is 5. The minimum absolute atomic E-state index is 0.224. The summed E-state index contributed by atoms with van der Waals surface area (Å²) in [7, 11) is 0. The molecule has 0 spiro atoms. The lowest BCUT2D eigenvalue weighted by Crippen LogP contribution is -2.36. The maximum Gasteiger partial charge on any atom is 0.192 e. The standard InChI is InChI=1S/C9H11N3O2/c13-7-9-10-5-8(6-11-9)12-1-3-14-4-2-12/h5-7H,1-4H2. The summed E-state index contributed by atoms with van der Waals surface area (Å²) in [4.78, 5) is 20.3. The fourth-order valence-corrected chi connectivity index (χ4v) is 1.38. The molecule has 2 heterocycles. The zero-order valence-corrected chi connectivity index (χ0v) is 7.72. The molecule has 0 radical (unpaired) electrons. The normalized spacial score (nSPS) is 16.7. The summed E-state index contributed by atoms with van der Waals surface area (Å²) in [5.41, 5.74) is 0.943. The number of anilines is 1. The van der Waals surface area contributed by atoms with Gasteiger partial charge in [-0.3, -0.25) is 4.79 Å². The molecule has 5 heteroatoms. The number of morpholine rings is 1. The van der Waals surface area contributed by atoms with Gasteiger partial charge in [-0.15, -0.1) is 0 Å². The van der Waals surface area contributed by atoms with Gasteiger partial charge >= 0.3 is 0 Å². The highest BCUT2D eigenvalue weighted by molar-refractivity contribution is 5.68. The molecule has 0 saturated carbocycles. The smallest absolute Gasteiger partial charge is 0.192 e. The molecule has 0 aliphatic carbocycles. The Kier molecular flexibility index (Phi) is 2.69. The zero-order chi connectivity index (χ0) is 9.80. The Morgan fingerprint density at radius 1 is 1.29 bits per heavy atom. The number of nitrogens with zero attached hydrogens (tertiary/aromatic N) is 3. The largest absolute Gasteiger partial charge is 0.378 e. The summed E-state index contributed by atoms with van der Waals surface area (Å²) in [6.07, 6.45) is 3.98. The lowest BCUT2D eigenvalue weighted by molar-refractivity contribution is 0.111. The van der Waals surface area contributed by atoms with Crippen molar-refractivity contribution in [3.05, 3.63) is 18.2 Å². The van der Waals surface area contributed by atoms with E-state index in [4.69, 9.17) is 4.74 Å². The van der Waals surface area contributed by atoms with Crippen LogP contribution in [0.4, 0.5) is 5.69 Å². The van der Waals surface area contributed by atoms with E-state index in [1.54, 1.807) is 12.4 Å². The van der Waals surface area contributed by atoms with Crippen LogP contribution in [0.25, 0.3) is 0 Å². The Morgan fingerprint density at radius 3 is 2.50 bits per heavy atom. The average Bonchev–Trinajstić information content (AvgIpc) is 2.30. The van der Waals surface area contributed by atoms with E-state index in [0.29, 0.717) is 6.29 Å². The Bertz CT molecular complexity index is 306. The molecule has 14 heavy (non-hydrogen) atoms. The van der Waals surface area contributed by atoms with Crippen molar-refractivity contribution in [1.29, 1.82) is 0 Å². The third-order valence-corrected chi connectivity index (χ3v) is 2.14. The van der Waals surface area contributed by atoms with E-state index in [1.807, 2.05) is 0 Å². The van der Waals surface area contributed by atoms with Gasteiger partial charge in [0.05, 0.1) is 31.3 Å². The molecule has 74 valence electrons. The van der Waals surface area contributed by atoms with E-state index in [0.717, 1.165) is 32.0 Å². The molecular weight excluding hydrogens is 182 g/mol. The number of hydrogen-bond donors (Lipinski definition) is 0. The van der Waals surface area contributed by atoms with E-state index in [9.17, 15) is 4.79 Å². The lowest BCUT2D eigenvalue weighted by Gasteiger charge is -2.28. The van der Waals surface area contributed by atoms with Crippen molar-refractivity contribution in [2.45, 2.75) is 0 Å². The first-order chi connectivity index (χ1) is 6.90. The zero-order valence-electron chi connectivity index (χ0n) is 7.72. The van der Waals surface area contributed by atoms with Gasteiger partial charge < -0.3 is 9.64 Å². The van der Waals surface area contributed by atoms with Crippen LogP contribution in [-0.4, -0.2) is 42.6 Å². The van der Waals surface area contributed by atoms with Crippen LogP contribution in [0.3, 0.4) is 0 Å². The molecule has 0 amide bonds. The Hall–Kier alpha value is -1.49. The van der Waals surface area contributed by atoms with Crippen molar-refractivity contribution < 1.29 is 9.53 Å². The Labute approximate surface area is 81.7 Å². The van der Waals surface area contributed by atoms with Crippen LogP contribution in [-0.2, 0) is 4.74 Å². The molecule has 0 bridgehead atoms. The van der Waals surface area contributed by atoms with Gasteiger partial charge in [-0.2, -0.15) is 0 Å². The lowest BCUT2D eigenvalue weighted by atomic mass is 10.3. The van der Waals surface area contributed by atoms with Crippen LogP contribution >= 0.6 is 0 Å². The highest BCUT2D eigenvalue weighted by Crippen LogP contribution is 2.12. The van der Waals surface area contributed by atoms with E-state index in [-0.39, 0.29) is 5.82 Å². The van der Waals surface area contributed by atoms with Gasteiger partial charge in [0.25, 0.3) is 0 Å². The maximum absolute atomic E-state index is 10.3. The quantitative estimate of drug-likeness (QED) is 0.625. The maximum atomic E-state index is 10.3. The molecule has 0 N–H and O–H groups in total. The fourth-order valence-electron chi connectivity index (χ4n) is 1.38. The van der Waals surface area contributed by atoms with Crippen LogP contribution in [0.5, 0.6) is 0 Å². The number of aldehydes is 1. The van der Waals surface area contributed by atoms with Gasteiger partial charge in [-0.25, -0.2) is 9.97 Å². The summed E-state index contributed by atoms with van der Waals surface area (Å²) in [6.45, 7) is 3.17. The molecular formula is C9H11N3O2. The van der Waals surface area contributed by atoms with E-state index in [2.05, 4.69) is 14.9 Å². The molecule has 1 fully saturated rings. The number of carbonyl (C=O) groups excluding carboxylic acids is 1. The molecule has 0 unspecified atom stereocenters. The second-order valence-corrected chi connectivity index (χ2v) is 3.02. The SMILES string of the molecule is O=Cc1ncc(N2CCOCC2)cn1. The number of rotatable bonds is 2. The second-order valence-electron chi connectivity index (χ2n) is 3.02. The molecule has 1 saturated heterocycles. The molecule has 0 aromatic carbocycles. The minimum Gasteiger partial charge on any atom is -0.378 e. The first kappa shape index (κ1) is 9.08. The third kappa shape index (κ3) is 1.88. The van der Waals surface area contributed by atoms with Crippen molar-refractivity contribution in [3.8, 4) is 0 Å². The molecule has 5 nitrogen and oxygen atoms in total. The molecule has 0 atom stereocenters. The van der Waals surface area contributed by atoms with Crippen molar-refractivity contribution in [2.24, 2.45) is 0 Å². The van der Waals surface area contributed by atoms with Gasteiger partial charge in [0.1, 0.15) is 0 Å².